The molecule has 3 nitrogen and oxygen atoms in total. The first-order chi connectivity index (χ1) is 4.79. The highest BCUT2D eigenvalue weighted by atomic mass is 79.9. The SMILES string of the molecule is N#Cc1ccn(CO)c1Br. The van der Waals surface area contributed by atoms with Crippen LogP contribution in [-0.2, 0) is 6.73 Å². The third-order valence-corrected chi connectivity index (χ3v) is 2.05. The van der Waals surface area contributed by atoms with Gasteiger partial charge in [-0.25, -0.2) is 0 Å². The number of nitrogens with zero attached hydrogens (tertiary/aromatic N) is 2. The van der Waals surface area contributed by atoms with Crippen molar-refractivity contribution in [3.63, 3.8) is 0 Å². The van der Waals surface area contributed by atoms with Crippen LogP contribution in [0.2, 0.25) is 0 Å². The molecule has 0 bridgehead atoms. The molecule has 0 aliphatic heterocycles. The Bertz CT molecular complexity index is 274. The molecule has 0 amide bonds. The lowest BCUT2D eigenvalue weighted by molar-refractivity contribution is 0.208. The standard InChI is InChI=1S/C6H5BrN2O/c7-6-5(3-8)1-2-9(6)4-10/h1-2,10H,4H2. The van der Waals surface area contributed by atoms with Gasteiger partial charge in [-0.1, -0.05) is 0 Å². The van der Waals surface area contributed by atoms with E-state index < -0.39 is 0 Å². The van der Waals surface area contributed by atoms with E-state index in [1.165, 1.54) is 4.57 Å². The smallest absolute Gasteiger partial charge is 0.120 e. The monoisotopic (exact) mass is 200 g/mol. The van der Waals surface area contributed by atoms with Crippen LogP contribution in [0.25, 0.3) is 0 Å². The molecule has 0 atom stereocenters. The average Bonchev–Trinajstić information content (AvgIpc) is 2.30. The van der Waals surface area contributed by atoms with Crippen molar-refractivity contribution in [1.82, 2.24) is 4.57 Å². The number of nitriles is 1. The molecule has 4 heteroatoms. The highest BCUT2D eigenvalue weighted by molar-refractivity contribution is 9.10. The Morgan fingerprint density at radius 3 is 2.80 bits per heavy atom. The first-order valence-corrected chi connectivity index (χ1v) is 3.44. The van der Waals surface area contributed by atoms with Crippen LogP contribution in [-0.4, -0.2) is 9.67 Å². The van der Waals surface area contributed by atoms with Crippen LogP contribution >= 0.6 is 15.9 Å². The summed E-state index contributed by atoms with van der Waals surface area (Å²) in [5.74, 6) is 0. The van der Waals surface area contributed by atoms with Crippen LogP contribution in [0.3, 0.4) is 0 Å². The third kappa shape index (κ3) is 1.06. The van der Waals surface area contributed by atoms with Gasteiger partial charge in [-0.15, -0.1) is 0 Å². The number of aromatic nitrogens is 1. The molecule has 0 spiro atoms. The molecule has 0 aromatic carbocycles. The normalized spacial score (nSPS) is 9.30. The summed E-state index contributed by atoms with van der Waals surface area (Å²) in [6.07, 6.45) is 1.64. The Kier molecular flexibility index (Phi) is 2.10. The Morgan fingerprint density at radius 1 is 1.80 bits per heavy atom. The number of hydrogen-bond acceptors (Lipinski definition) is 2. The van der Waals surface area contributed by atoms with Gasteiger partial charge in [0.15, 0.2) is 0 Å². The summed E-state index contributed by atoms with van der Waals surface area (Å²) < 4.78 is 2.15. The number of hydrogen-bond donors (Lipinski definition) is 1. The molecule has 10 heavy (non-hydrogen) atoms. The van der Waals surface area contributed by atoms with E-state index in [9.17, 15) is 0 Å². The molecule has 0 fully saturated rings. The quantitative estimate of drug-likeness (QED) is 0.738. The van der Waals surface area contributed by atoms with E-state index in [0.717, 1.165) is 0 Å². The number of rotatable bonds is 1. The zero-order valence-corrected chi connectivity index (χ0v) is 6.67. The van der Waals surface area contributed by atoms with Crippen molar-refractivity contribution < 1.29 is 5.11 Å². The summed E-state index contributed by atoms with van der Waals surface area (Å²) in [4.78, 5) is 0. The maximum Gasteiger partial charge on any atom is 0.120 e. The van der Waals surface area contributed by atoms with Crippen LogP contribution in [0.5, 0.6) is 0 Å². The zero-order chi connectivity index (χ0) is 7.56. The van der Waals surface area contributed by atoms with Gasteiger partial charge in [0.2, 0.25) is 0 Å². The minimum atomic E-state index is -0.109. The van der Waals surface area contributed by atoms with E-state index in [2.05, 4.69) is 15.9 Å². The molecular formula is C6H5BrN2O. The van der Waals surface area contributed by atoms with Gasteiger partial charge in [-0.05, 0) is 22.0 Å². The summed E-state index contributed by atoms with van der Waals surface area (Å²) in [5, 5.41) is 17.1. The second kappa shape index (κ2) is 2.86. The molecule has 52 valence electrons. The summed E-state index contributed by atoms with van der Waals surface area (Å²) in [6, 6.07) is 3.61. The topological polar surface area (TPSA) is 49.0 Å². The van der Waals surface area contributed by atoms with Crippen molar-refractivity contribution in [1.29, 1.82) is 5.26 Å². The lowest BCUT2D eigenvalue weighted by Gasteiger charge is -1.96. The zero-order valence-electron chi connectivity index (χ0n) is 5.08. The van der Waals surface area contributed by atoms with Crippen molar-refractivity contribution in [2.75, 3.05) is 0 Å². The molecule has 0 saturated carbocycles. The van der Waals surface area contributed by atoms with Crippen molar-refractivity contribution in [2.45, 2.75) is 6.73 Å². The summed E-state index contributed by atoms with van der Waals surface area (Å²) in [6.45, 7) is -0.109. The Hall–Kier alpha value is -0.790. The minimum Gasteiger partial charge on any atom is -0.376 e. The van der Waals surface area contributed by atoms with Gasteiger partial charge < -0.3 is 9.67 Å². The van der Waals surface area contributed by atoms with Gasteiger partial charge in [0.25, 0.3) is 0 Å². The maximum atomic E-state index is 8.65. The Morgan fingerprint density at radius 2 is 2.50 bits per heavy atom. The van der Waals surface area contributed by atoms with Gasteiger partial charge in [-0.3, -0.25) is 0 Å². The highest BCUT2D eigenvalue weighted by Gasteiger charge is 2.02. The van der Waals surface area contributed by atoms with E-state index in [-0.39, 0.29) is 6.73 Å². The fourth-order valence-electron chi connectivity index (χ4n) is 0.646. The van der Waals surface area contributed by atoms with Crippen molar-refractivity contribution in [3.05, 3.63) is 22.4 Å². The summed E-state index contributed by atoms with van der Waals surface area (Å²) in [5.41, 5.74) is 0.536. The van der Waals surface area contributed by atoms with Crippen LogP contribution in [0.1, 0.15) is 5.56 Å². The molecule has 0 saturated heterocycles. The fourth-order valence-corrected chi connectivity index (χ4v) is 1.10. The third-order valence-electron chi connectivity index (χ3n) is 1.17. The van der Waals surface area contributed by atoms with Crippen molar-refractivity contribution >= 4 is 15.9 Å². The number of aliphatic hydroxyl groups excluding tert-OH is 1. The number of aliphatic hydroxyl groups is 1. The molecular weight excluding hydrogens is 196 g/mol. The van der Waals surface area contributed by atoms with E-state index in [1.54, 1.807) is 12.3 Å². The van der Waals surface area contributed by atoms with Crippen LogP contribution in [0.15, 0.2) is 16.9 Å². The molecule has 1 rings (SSSR count). The lowest BCUT2D eigenvalue weighted by atomic mass is 10.4. The first-order valence-electron chi connectivity index (χ1n) is 2.65. The molecule has 0 unspecified atom stereocenters. The van der Waals surface area contributed by atoms with Gasteiger partial charge in [0, 0.05) is 6.20 Å². The molecule has 1 aromatic rings. The van der Waals surface area contributed by atoms with Crippen LogP contribution in [0.4, 0.5) is 0 Å². The fraction of sp³-hybridized carbons (Fsp3) is 0.167. The van der Waals surface area contributed by atoms with Gasteiger partial charge >= 0.3 is 0 Å². The largest absolute Gasteiger partial charge is 0.376 e. The van der Waals surface area contributed by atoms with Crippen molar-refractivity contribution in [2.24, 2.45) is 0 Å². The first kappa shape index (κ1) is 7.32. The predicted molar refractivity (Wildman–Crippen MR) is 39.1 cm³/mol. The average molecular weight is 201 g/mol. The van der Waals surface area contributed by atoms with Gasteiger partial charge in [-0.2, -0.15) is 5.26 Å². The Balaban J connectivity index is 3.12. The van der Waals surface area contributed by atoms with Crippen LogP contribution < -0.4 is 0 Å². The van der Waals surface area contributed by atoms with E-state index in [1.807, 2.05) is 6.07 Å². The molecule has 0 radical (unpaired) electrons. The minimum absolute atomic E-state index is 0.109. The highest BCUT2D eigenvalue weighted by Crippen LogP contribution is 2.16. The van der Waals surface area contributed by atoms with Crippen molar-refractivity contribution in [3.8, 4) is 6.07 Å². The molecule has 1 heterocycles. The summed E-state index contributed by atoms with van der Waals surface area (Å²) >= 11 is 3.15. The van der Waals surface area contributed by atoms with Gasteiger partial charge in [0.1, 0.15) is 17.4 Å². The van der Waals surface area contributed by atoms with E-state index in [0.29, 0.717) is 10.2 Å². The molecule has 0 aliphatic carbocycles. The molecule has 1 N–H and O–H groups in total. The number of halogens is 1. The maximum absolute atomic E-state index is 8.65. The molecule has 0 aliphatic rings. The molecule has 1 aromatic heterocycles. The van der Waals surface area contributed by atoms with Crippen LogP contribution in [0, 0.1) is 11.3 Å². The van der Waals surface area contributed by atoms with Gasteiger partial charge in [0.05, 0.1) is 5.56 Å². The van der Waals surface area contributed by atoms with E-state index in [4.69, 9.17) is 10.4 Å². The second-order valence-corrected chi connectivity index (χ2v) is 2.49. The second-order valence-electron chi connectivity index (χ2n) is 1.74. The lowest BCUT2D eigenvalue weighted by Crippen LogP contribution is -1.93. The predicted octanol–water partition coefficient (Wildman–Crippen LogP) is 1.07. The Labute approximate surface area is 66.6 Å². The van der Waals surface area contributed by atoms with E-state index >= 15 is 0 Å². The summed E-state index contributed by atoms with van der Waals surface area (Å²) in [7, 11) is 0.